The molecular weight excluding hydrogens is 412 g/mol. The maximum atomic E-state index is 13.0. The van der Waals surface area contributed by atoms with Gasteiger partial charge >= 0.3 is 0 Å². The number of aromatic nitrogens is 3. The van der Waals surface area contributed by atoms with Crippen LogP contribution < -0.4 is 5.32 Å². The number of carbonyl (C=O) groups excluding carboxylic acids is 2. The lowest BCUT2D eigenvalue weighted by molar-refractivity contribution is 0.0784. The minimum Gasteiger partial charge on any atom is -0.350 e. The first-order chi connectivity index (χ1) is 14.9. The number of nitrogens with one attached hydrogen (secondary N) is 1. The molecule has 0 spiro atoms. The predicted octanol–water partition coefficient (Wildman–Crippen LogP) is 2.32. The average Bonchev–Trinajstić information content (AvgIpc) is 3.38. The maximum absolute atomic E-state index is 13.0. The topological polar surface area (TPSA) is 91.3 Å². The number of hydrogen-bond donors (Lipinski definition) is 1. The molecule has 9 heteroatoms. The first-order valence-corrected chi connectivity index (χ1v) is 11.1. The molecule has 0 aromatic carbocycles. The van der Waals surface area contributed by atoms with Crippen LogP contribution in [-0.4, -0.2) is 76.8 Å². The lowest BCUT2D eigenvalue weighted by atomic mass is 9.95. The van der Waals surface area contributed by atoms with Crippen LogP contribution in [0.3, 0.4) is 0 Å². The van der Waals surface area contributed by atoms with Gasteiger partial charge in [0.15, 0.2) is 0 Å². The van der Waals surface area contributed by atoms with Crippen LogP contribution in [0.2, 0.25) is 0 Å². The molecule has 1 aliphatic rings. The second kappa shape index (κ2) is 9.07. The van der Waals surface area contributed by atoms with Gasteiger partial charge in [-0.15, -0.1) is 11.3 Å². The van der Waals surface area contributed by atoms with Crippen molar-refractivity contribution in [3.8, 4) is 0 Å². The van der Waals surface area contributed by atoms with Crippen LogP contribution in [0.25, 0.3) is 10.2 Å². The molecule has 1 N–H and O–H groups in total. The summed E-state index contributed by atoms with van der Waals surface area (Å²) in [5.41, 5.74) is 2.13. The molecule has 3 aromatic rings. The van der Waals surface area contributed by atoms with Crippen LogP contribution in [0.15, 0.2) is 30.7 Å². The Labute approximate surface area is 185 Å². The van der Waals surface area contributed by atoms with Gasteiger partial charge in [0.1, 0.15) is 10.5 Å². The average molecular weight is 439 g/mol. The van der Waals surface area contributed by atoms with Crippen LogP contribution in [-0.2, 0) is 0 Å². The number of carbonyl (C=O) groups is 2. The molecule has 1 fully saturated rings. The summed E-state index contributed by atoms with van der Waals surface area (Å²) in [6.07, 6.45) is 5.67. The van der Waals surface area contributed by atoms with Crippen LogP contribution in [0.5, 0.6) is 0 Å². The van der Waals surface area contributed by atoms with E-state index in [4.69, 9.17) is 0 Å². The zero-order chi connectivity index (χ0) is 22.0. The fourth-order valence-corrected chi connectivity index (χ4v) is 4.99. The summed E-state index contributed by atoms with van der Waals surface area (Å²) in [6.45, 7) is 4.36. The minimum absolute atomic E-state index is 0.0750. The van der Waals surface area contributed by atoms with Gasteiger partial charge in [0, 0.05) is 49.9 Å². The molecule has 4 rings (SSSR count). The van der Waals surface area contributed by atoms with E-state index < -0.39 is 0 Å². The van der Waals surface area contributed by atoms with E-state index in [1.807, 2.05) is 38.1 Å². The Morgan fingerprint density at radius 2 is 2.10 bits per heavy atom. The molecule has 8 nitrogen and oxygen atoms in total. The molecular formula is C22H26N6O2S. The van der Waals surface area contributed by atoms with Crippen molar-refractivity contribution in [1.82, 2.24) is 30.1 Å². The Morgan fingerprint density at radius 3 is 2.84 bits per heavy atom. The standard InChI is InChI=1S/C22H26N6O2S/c1-14-11-26-17(12-25-14)22(30)28-9-6-15(13-28)18-16-5-4-7-24-21(16)31-19(18)20(29)23-8-10-27(2)3/h4-5,7,11-12,15H,6,8-10,13H2,1-3H3,(H,23,29). The fourth-order valence-electron chi connectivity index (χ4n) is 3.84. The number of hydrogen-bond acceptors (Lipinski definition) is 7. The summed E-state index contributed by atoms with van der Waals surface area (Å²) >= 11 is 1.42. The molecule has 31 heavy (non-hydrogen) atoms. The molecule has 0 saturated carbocycles. The number of aryl methyl sites for hydroxylation is 1. The van der Waals surface area contributed by atoms with E-state index >= 15 is 0 Å². The molecule has 0 aliphatic carbocycles. The molecule has 1 saturated heterocycles. The van der Waals surface area contributed by atoms with E-state index in [0.29, 0.717) is 30.2 Å². The highest BCUT2D eigenvalue weighted by Crippen LogP contribution is 2.39. The van der Waals surface area contributed by atoms with Crippen LogP contribution in [0.1, 0.15) is 43.8 Å². The van der Waals surface area contributed by atoms with Crippen LogP contribution in [0.4, 0.5) is 0 Å². The SMILES string of the molecule is Cc1cnc(C(=O)N2CCC(c3c(C(=O)NCCN(C)C)sc4ncccc34)C2)cn1. The van der Waals surface area contributed by atoms with Crippen LogP contribution in [0, 0.1) is 6.92 Å². The molecule has 2 amide bonds. The molecule has 0 radical (unpaired) electrons. The van der Waals surface area contributed by atoms with Gasteiger partial charge in [0.05, 0.1) is 16.8 Å². The van der Waals surface area contributed by atoms with Crippen molar-refractivity contribution >= 4 is 33.4 Å². The second-order valence-corrected chi connectivity index (χ2v) is 9.04. The van der Waals surface area contributed by atoms with E-state index in [0.717, 1.165) is 34.4 Å². The highest BCUT2D eigenvalue weighted by atomic mass is 32.1. The van der Waals surface area contributed by atoms with Gasteiger partial charge in [-0.25, -0.2) is 9.97 Å². The van der Waals surface area contributed by atoms with Crippen molar-refractivity contribution in [2.45, 2.75) is 19.3 Å². The van der Waals surface area contributed by atoms with E-state index in [2.05, 4.69) is 20.3 Å². The first kappa shape index (κ1) is 21.3. The van der Waals surface area contributed by atoms with E-state index in [9.17, 15) is 9.59 Å². The molecule has 1 atom stereocenters. The summed E-state index contributed by atoms with van der Waals surface area (Å²) in [4.78, 5) is 44.1. The monoisotopic (exact) mass is 438 g/mol. The highest BCUT2D eigenvalue weighted by molar-refractivity contribution is 7.20. The van der Waals surface area contributed by atoms with Crippen molar-refractivity contribution in [1.29, 1.82) is 0 Å². The lowest BCUT2D eigenvalue weighted by Crippen LogP contribution is -2.32. The summed E-state index contributed by atoms with van der Waals surface area (Å²) in [5, 5.41) is 4.02. The molecule has 3 aromatic heterocycles. The largest absolute Gasteiger partial charge is 0.350 e. The number of nitrogens with zero attached hydrogens (tertiary/aromatic N) is 5. The number of thiophene rings is 1. The Hall–Kier alpha value is -2.91. The van der Waals surface area contributed by atoms with Gasteiger partial charge in [0.2, 0.25) is 0 Å². The second-order valence-electron chi connectivity index (χ2n) is 8.04. The minimum atomic E-state index is -0.121. The van der Waals surface area contributed by atoms with Crippen molar-refractivity contribution in [2.75, 3.05) is 40.3 Å². The summed E-state index contributed by atoms with van der Waals surface area (Å²) < 4.78 is 0. The normalized spacial score (nSPS) is 16.3. The van der Waals surface area contributed by atoms with Crippen molar-refractivity contribution in [2.24, 2.45) is 0 Å². The van der Waals surface area contributed by atoms with Crippen molar-refractivity contribution in [3.63, 3.8) is 0 Å². The smallest absolute Gasteiger partial charge is 0.274 e. The van der Waals surface area contributed by atoms with Gasteiger partial charge < -0.3 is 15.1 Å². The number of fused-ring (bicyclic) bond motifs is 1. The zero-order valence-electron chi connectivity index (χ0n) is 18.0. The number of amides is 2. The Bertz CT molecular complexity index is 1100. The summed E-state index contributed by atoms with van der Waals surface area (Å²) in [7, 11) is 3.95. The zero-order valence-corrected chi connectivity index (χ0v) is 18.8. The fraction of sp³-hybridized carbons (Fsp3) is 0.409. The number of likely N-dealkylation sites (N-methyl/N-ethyl adjacent to an activating group) is 1. The third kappa shape index (κ3) is 4.57. The molecule has 162 valence electrons. The van der Waals surface area contributed by atoms with E-state index in [1.54, 1.807) is 17.3 Å². The van der Waals surface area contributed by atoms with Gasteiger partial charge in [-0.1, -0.05) is 6.07 Å². The van der Waals surface area contributed by atoms with Crippen molar-refractivity contribution in [3.05, 3.63) is 52.6 Å². The summed E-state index contributed by atoms with van der Waals surface area (Å²) in [5.74, 6) is -0.117. The lowest BCUT2D eigenvalue weighted by Gasteiger charge is -2.17. The van der Waals surface area contributed by atoms with Gasteiger partial charge in [0.25, 0.3) is 11.8 Å². The Morgan fingerprint density at radius 1 is 1.26 bits per heavy atom. The number of pyridine rings is 1. The van der Waals surface area contributed by atoms with Crippen LogP contribution >= 0.6 is 11.3 Å². The van der Waals surface area contributed by atoms with Crippen molar-refractivity contribution < 1.29 is 9.59 Å². The third-order valence-corrected chi connectivity index (χ3v) is 6.57. The predicted molar refractivity (Wildman–Crippen MR) is 121 cm³/mol. The van der Waals surface area contributed by atoms with E-state index in [1.165, 1.54) is 17.5 Å². The van der Waals surface area contributed by atoms with E-state index in [-0.39, 0.29) is 17.7 Å². The molecule has 1 unspecified atom stereocenters. The Kier molecular flexibility index (Phi) is 6.24. The quantitative estimate of drug-likeness (QED) is 0.635. The molecule has 1 aliphatic heterocycles. The Balaban J connectivity index is 1.58. The number of likely N-dealkylation sites (tertiary alicyclic amines) is 1. The van der Waals surface area contributed by atoms with Gasteiger partial charge in [-0.2, -0.15) is 0 Å². The summed E-state index contributed by atoms with van der Waals surface area (Å²) in [6, 6.07) is 3.91. The first-order valence-electron chi connectivity index (χ1n) is 10.3. The molecule has 0 bridgehead atoms. The maximum Gasteiger partial charge on any atom is 0.274 e. The third-order valence-electron chi connectivity index (χ3n) is 5.44. The highest BCUT2D eigenvalue weighted by Gasteiger charge is 2.33. The van der Waals surface area contributed by atoms with Gasteiger partial charge in [-0.3, -0.25) is 14.6 Å². The van der Waals surface area contributed by atoms with Gasteiger partial charge in [-0.05, 0) is 39.1 Å². The number of rotatable bonds is 6. The molecule has 4 heterocycles.